The predicted molar refractivity (Wildman–Crippen MR) is 88.0 cm³/mol. The lowest BCUT2D eigenvalue weighted by molar-refractivity contribution is -0.141. The minimum Gasteiger partial charge on any atom is -0.480 e. The lowest BCUT2D eigenvalue weighted by atomic mass is 10.1. The van der Waals surface area contributed by atoms with Crippen molar-refractivity contribution in [2.45, 2.75) is 24.5 Å². The quantitative estimate of drug-likeness (QED) is 0.236. The Morgan fingerprint density at radius 1 is 1.39 bits per heavy atom. The van der Waals surface area contributed by atoms with Gasteiger partial charge in [-0.25, -0.2) is 10.2 Å². The van der Waals surface area contributed by atoms with Crippen LogP contribution in [-0.2, 0) is 14.3 Å². The molecule has 1 aromatic rings. The van der Waals surface area contributed by atoms with Crippen molar-refractivity contribution in [2.24, 2.45) is 0 Å². The monoisotopic (exact) mass is 337 g/mol. The summed E-state index contributed by atoms with van der Waals surface area (Å²) in [5, 5.41) is 11.8. The topological polar surface area (TPSA) is 99.7 Å². The number of carbonyl (C=O) groups is 2. The number of carboxylic acid groups (broad SMARTS) is 1. The molecule has 0 aromatic heterocycles. The van der Waals surface area contributed by atoms with Crippen molar-refractivity contribution in [3.8, 4) is 0 Å². The Kier molecular flexibility index (Phi) is 6.17. The molecule has 3 atom stereocenters. The Morgan fingerprint density at radius 2 is 2.09 bits per heavy atom. The molecule has 4 N–H and O–H groups in total. The zero-order valence-corrected chi connectivity index (χ0v) is 13.4. The van der Waals surface area contributed by atoms with E-state index < -0.39 is 24.0 Å². The lowest BCUT2D eigenvalue weighted by Crippen LogP contribution is -2.54. The van der Waals surface area contributed by atoms with Crippen LogP contribution < -0.4 is 16.2 Å². The first-order valence-electron chi connectivity index (χ1n) is 7.17. The van der Waals surface area contributed by atoms with Crippen molar-refractivity contribution < 1.29 is 19.4 Å². The van der Waals surface area contributed by atoms with Crippen LogP contribution in [-0.4, -0.2) is 53.7 Å². The van der Waals surface area contributed by atoms with Crippen molar-refractivity contribution in [2.75, 3.05) is 13.7 Å². The average molecular weight is 337 g/mol. The van der Waals surface area contributed by atoms with Crippen LogP contribution in [0, 0.1) is 0 Å². The van der Waals surface area contributed by atoms with E-state index in [-0.39, 0.29) is 6.04 Å². The molecule has 1 unspecified atom stereocenters. The molecule has 124 valence electrons. The van der Waals surface area contributed by atoms with Crippen LogP contribution in [0.1, 0.15) is 12.0 Å². The van der Waals surface area contributed by atoms with Gasteiger partial charge in [-0.15, -0.1) is 0 Å². The number of aliphatic carboxylic acids is 1. The van der Waals surface area contributed by atoms with Crippen LogP contribution in [0.5, 0.6) is 0 Å². The number of carbonyl (C=O) groups excluding carboxylic acids is 1. The average Bonchev–Trinajstić information content (AvgIpc) is 3.04. The Morgan fingerprint density at radius 3 is 2.65 bits per heavy atom. The van der Waals surface area contributed by atoms with Gasteiger partial charge in [-0.3, -0.25) is 10.2 Å². The van der Waals surface area contributed by atoms with Gasteiger partial charge in [-0.1, -0.05) is 42.5 Å². The highest BCUT2D eigenvalue weighted by Crippen LogP contribution is 2.09. The molecule has 2 rings (SSSR count). The Hall–Kier alpha value is -1.87. The molecule has 23 heavy (non-hydrogen) atoms. The summed E-state index contributed by atoms with van der Waals surface area (Å²) in [4.78, 5) is 23.3. The number of benzene rings is 1. The first kappa shape index (κ1) is 17.5. The Bertz CT molecular complexity index is 581. The zero-order valence-electron chi connectivity index (χ0n) is 12.6. The van der Waals surface area contributed by atoms with Gasteiger partial charge in [-0.05, 0) is 12.0 Å². The molecule has 1 saturated heterocycles. The Balaban J connectivity index is 1.99. The van der Waals surface area contributed by atoms with E-state index in [1.807, 2.05) is 30.3 Å². The zero-order chi connectivity index (χ0) is 16.8. The minimum atomic E-state index is -0.890. The van der Waals surface area contributed by atoms with Crippen molar-refractivity contribution >= 4 is 29.0 Å². The third-order valence-corrected chi connectivity index (χ3v) is 4.09. The summed E-state index contributed by atoms with van der Waals surface area (Å²) in [7, 11) is 1.29. The number of carboxylic acids is 1. The molecule has 1 aliphatic rings. The van der Waals surface area contributed by atoms with E-state index in [0.717, 1.165) is 5.56 Å². The normalized spacial score (nSPS) is 21.6. The van der Waals surface area contributed by atoms with Gasteiger partial charge in [0.2, 0.25) is 0 Å². The Labute approximate surface area is 139 Å². The predicted octanol–water partition coefficient (Wildman–Crippen LogP) is -0.144. The molecule has 1 heterocycles. The molecule has 1 aromatic carbocycles. The van der Waals surface area contributed by atoms with Gasteiger partial charge >= 0.3 is 11.9 Å². The van der Waals surface area contributed by atoms with Gasteiger partial charge in [0.25, 0.3) is 0 Å². The van der Waals surface area contributed by atoms with Crippen molar-refractivity contribution in [3.63, 3.8) is 0 Å². The molecule has 8 heteroatoms. The maximum atomic E-state index is 12.0. The summed E-state index contributed by atoms with van der Waals surface area (Å²) >= 11 is 5.38. The molecule has 0 spiro atoms. The van der Waals surface area contributed by atoms with Crippen molar-refractivity contribution in [1.82, 2.24) is 16.2 Å². The summed E-state index contributed by atoms with van der Waals surface area (Å²) in [6.45, 7) is 0.482. The lowest BCUT2D eigenvalue weighted by Gasteiger charge is -2.21. The highest BCUT2D eigenvalue weighted by atomic mass is 32.1. The first-order valence-corrected chi connectivity index (χ1v) is 7.58. The third kappa shape index (κ3) is 4.55. The number of thiocarbonyl (C=S) groups is 1. The second kappa shape index (κ2) is 8.11. The standard InChI is InChI=1S/C15H19N3O4S/c1-22-15(21)12(13(23)9-5-3-2-4-6-9)18-17-10-7-11(14(19)20)16-8-10/h2-6,10-12,16-18H,7-8H2,1H3,(H,19,20)/t10?,11-,12-/m0/s1. The van der Waals surface area contributed by atoms with Crippen LogP contribution in [0.2, 0.25) is 0 Å². The number of hydrogen-bond donors (Lipinski definition) is 4. The van der Waals surface area contributed by atoms with Crippen molar-refractivity contribution in [1.29, 1.82) is 0 Å². The molecule has 0 amide bonds. The summed E-state index contributed by atoms with van der Waals surface area (Å²) in [6, 6.07) is 7.62. The smallest absolute Gasteiger partial charge is 0.329 e. The number of methoxy groups -OCH3 is 1. The van der Waals surface area contributed by atoms with E-state index in [1.165, 1.54) is 7.11 Å². The van der Waals surface area contributed by atoms with Gasteiger partial charge in [0.1, 0.15) is 6.04 Å². The maximum Gasteiger partial charge on any atom is 0.329 e. The van der Waals surface area contributed by atoms with Crippen LogP contribution in [0.15, 0.2) is 30.3 Å². The van der Waals surface area contributed by atoms with E-state index in [9.17, 15) is 9.59 Å². The summed E-state index contributed by atoms with van der Waals surface area (Å²) in [6.07, 6.45) is 0.411. The van der Waals surface area contributed by atoms with Gasteiger partial charge in [0.05, 0.1) is 12.0 Å². The van der Waals surface area contributed by atoms with Gasteiger partial charge < -0.3 is 15.2 Å². The fraction of sp³-hybridized carbons (Fsp3) is 0.400. The number of hydrogen-bond acceptors (Lipinski definition) is 7. The molecule has 0 aliphatic carbocycles. The summed E-state index contributed by atoms with van der Waals surface area (Å²) in [5.41, 5.74) is 6.59. The van der Waals surface area contributed by atoms with Crippen LogP contribution in [0.4, 0.5) is 0 Å². The van der Waals surface area contributed by atoms with E-state index in [0.29, 0.717) is 17.8 Å². The molecule has 7 nitrogen and oxygen atoms in total. The highest BCUT2D eigenvalue weighted by molar-refractivity contribution is 7.81. The summed E-state index contributed by atoms with van der Waals surface area (Å²) < 4.78 is 4.79. The van der Waals surface area contributed by atoms with Gasteiger partial charge in [0, 0.05) is 12.6 Å². The van der Waals surface area contributed by atoms with Crippen LogP contribution >= 0.6 is 12.2 Å². The number of ether oxygens (including phenoxy) is 1. The second-order valence-electron chi connectivity index (χ2n) is 5.21. The van der Waals surface area contributed by atoms with E-state index in [1.54, 1.807) is 0 Å². The highest BCUT2D eigenvalue weighted by Gasteiger charge is 2.31. The van der Waals surface area contributed by atoms with Gasteiger partial charge in [0.15, 0.2) is 6.04 Å². The molecule has 0 bridgehead atoms. The van der Waals surface area contributed by atoms with Crippen molar-refractivity contribution in [3.05, 3.63) is 35.9 Å². The molecular weight excluding hydrogens is 318 g/mol. The molecule has 1 aliphatic heterocycles. The van der Waals surface area contributed by atoms with Gasteiger partial charge in [-0.2, -0.15) is 0 Å². The first-order chi connectivity index (χ1) is 11.0. The minimum absolute atomic E-state index is 0.123. The van der Waals surface area contributed by atoms with E-state index in [2.05, 4.69) is 16.2 Å². The molecular formula is C15H19N3O4S. The van der Waals surface area contributed by atoms with Crippen LogP contribution in [0.3, 0.4) is 0 Å². The fourth-order valence-electron chi connectivity index (χ4n) is 2.35. The number of esters is 1. The molecule has 0 saturated carbocycles. The largest absolute Gasteiger partial charge is 0.480 e. The molecule has 1 fully saturated rings. The third-order valence-electron chi connectivity index (χ3n) is 3.62. The number of hydrazine groups is 1. The maximum absolute atomic E-state index is 12.0. The SMILES string of the molecule is COC(=O)[C@@H](NNC1CN[C@H](C(=O)O)C1)C(=S)c1ccccc1. The second-order valence-corrected chi connectivity index (χ2v) is 5.65. The van der Waals surface area contributed by atoms with E-state index >= 15 is 0 Å². The number of rotatable bonds is 7. The summed E-state index contributed by atoms with van der Waals surface area (Å²) in [5.74, 6) is -1.40. The van der Waals surface area contributed by atoms with Crippen LogP contribution in [0.25, 0.3) is 0 Å². The fourth-order valence-corrected chi connectivity index (χ4v) is 2.64. The number of nitrogens with one attached hydrogen (secondary N) is 3. The van der Waals surface area contributed by atoms with E-state index in [4.69, 9.17) is 22.1 Å². The molecule has 0 radical (unpaired) electrons.